The van der Waals surface area contributed by atoms with E-state index < -0.39 is 0 Å². The highest BCUT2D eigenvalue weighted by atomic mass is 32.1. The molecule has 0 saturated heterocycles. The van der Waals surface area contributed by atoms with Crippen molar-refractivity contribution in [2.75, 3.05) is 0 Å². The summed E-state index contributed by atoms with van der Waals surface area (Å²) in [7, 11) is 2.56. The average Bonchev–Trinajstić information content (AvgIpc) is 1.37. The van der Waals surface area contributed by atoms with Gasteiger partial charge in [-0.1, -0.05) is 0 Å². The van der Waals surface area contributed by atoms with Gasteiger partial charge in [-0.3, -0.25) is 0 Å². The van der Waals surface area contributed by atoms with Gasteiger partial charge in [0.05, 0.1) is 0 Å². The van der Waals surface area contributed by atoms with Gasteiger partial charge in [0.25, 0.3) is 0 Å². The van der Waals surface area contributed by atoms with Crippen LogP contribution < -0.4 is 0 Å². The minimum absolute atomic E-state index is 0.145. The van der Waals surface area contributed by atoms with E-state index in [1.54, 1.807) is 0 Å². The third-order valence-electron chi connectivity index (χ3n) is 0.0373. The maximum atomic E-state index is 9.00. The fourth-order valence-electron chi connectivity index (χ4n) is 0. The fraction of sp³-hybridized carbons (Fsp3) is 0. The van der Waals surface area contributed by atoms with Crippen LogP contribution in [0.5, 0.6) is 0 Å². The van der Waals surface area contributed by atoms with Crippen molar-refractivity contribution >= 4 is 21.9 Å². The van der Waals surface area contributed by atoms with Crippen molar-refractivity contribution in [3.63, 3.8) is 0 Å². The molecule has 4 heteroatoms. The number of nitrogens with zero attached hydrogens (tertiary/aromatic N) is 1. The van der Waals surface area contributed by atoms with E-state index in [1.165, 1.54) is 0 Å². The zero-order valence-corrected chi connectivity index (χ0v) is 3.58. The first-order valence-corrected chi connectivity index (χ1v) is 1.72. The topological polar surface area (TPSA) is 29.4 Å². The average molecular weight is 90.2 g/mol. The van der Waals surface area contributed by atoms with Gasteiger partial charge in [-0.15, -0.1) is 0 Å². The minimum Gasteiger partial charge on any atom is -0.241 e. The molecule has 0 aromatic heterocycles. The highest BCUT2D eigenvalue weighted by molar-refractivity contribution is 7.55. The van der Waals surface area contributed by atoms with Crippen molar-refractivity contribution in [1.29, 1.82) is 0 Å². The molecule has 0 bridgehead atoms. The monoisotopic (exact) mass is 89.9 g/mol. The number of hydrogen-bond donors (Lipinski definition) is 0. The standard InChI is InChI=1S/NOSSi/c2-3-1-4. The number of hydrogen-bond acceptors (Lipinski definition) is 2. The molecule has 4 heavy (non-hydrogen) atoms. The van der Waals surface area contributed by atoms with Gasteiger partial charge in [-0.2, -0.15) is 4.21 Å². The van der Waals surface area contributed by atoms with Crippen molar-refractivity contribution in [3.05, 3.63) is 0 Å². The molecule has 0 fully saturated rings. The summed E-state index contributed by atoms with van der Waals surface area (Å²) in [4.78, 5) is 0. The van der Waals surface area contributed by atoms with Crippen molar-refractivity contribution < 1.29 is 4.21 Å². The molecular formula is NOSSi. The van der Waals surface area contributed by atoms with E-state index >= 15 is 0 Å². The molecular weight excluding hydrogens is 90.2 g/mol. The Morgan fingerprint density at radius 3 is 2.25 bits per heavy atom. The first-order valence-electron chi connectivity index (χ1n) is 0.573. The lowest BCUT2D eigenvalue weighted by Gasteiger charge is -1.33. The zero-order valence-electron chi connectivity index (χ0n) is 1.76. The molecule has 0 aliphatic carbocycles. The molecule has 0 aliphatic rings. The molecule has 0 rings (SSSR count). The van der Waals surface area contributed by atoms with Gasteiger partial charge in [0, 0.05) is 0 Å². The van der Waals surface area contributed by atoms with Gasteiger partial charge in [-0.05, 0) is 0 Å². The van der Waals surface area contributed by atoms with Gasteiger partial charge in [-0.25, -0.2) is 4.03 Å². The van der Waals surface area contributed by atoms with Crippen molar-refractivity contribution in [2.24, 2.45) is 4.03 Å². The maximum absolute atomic E-state index is 9.00. The van der Waals surface area contributed by atoms with Crippen LogP contribution in [0.15, 0.2) is 4.03 Å². The van der Waals surface area contributed by atoms with E-state index in [1.807, 2.05) is 0 Å². The lowest BCUT2D eigenvalue weighted by atomic mass is 13.9. The van der Waals surface area contributed by atoms with Crippen LogP contribution in [0, 0.1) is 0 Å². The van der Waals surface area contributed by atoms with Crippen LogP contribution in [-0.2, 0) is 11.5 Å². The van der Waals surface area contributed by atoms with Gasteiger partial charge in [0.2, 0.25) is 10.4 Å². The van der Waals surface area contributed by atoms with E-state index in [0.29, 0.717) is 0 Å². The van der Waals surface area contributed by atoms with E-state index in [0.717, 1.165) is 0 Å². The van der Waals surface area contributed by atoms with Crippen LogP contribution in [0.1, 0.15) is 0 Å². The smallest absolute Gasteiger partial charge is 0.241 e. The third kappa shape index (κ3) is 2.04. The molecule has 0 atom stereocenters. The molecule has 0 heterocycles. The van der Waals surface area contributed by atoms with Gasteiger partial charge < -0.3 is 0 Å². The van der Waals surface area contributed by atoms with E-state index in [-0.39, 0.29) is 11.5 Å². The summed E-state index contributed by atoms with van der Waals surface area (Å²) in [6.07, 6.45) is 0. The number of rotatable bonds is 0. The zero-order chi connectivity index (χ0) is 3.41. The summed E-state index contributed by atoms with van der Waals surface area (Å²) < 4.78 is 11.9. The Hall–Kier alpha value is 0.0369. The first kappa shape index (κ1) is 4.04. The largest absolute Gasteiger partial charge is 0.245 e. The Kier molecular flexibility index (Phi) is 3.06. The van der Waals surface area contributed by atoms with Crippen LogP contribution in [-0.4, -0.2) is 14.6 Å². The quantitative estimate of drug-likeness (QED) is 0.367. The molecule has 2 nitrogen and oxygen atoms in total. The molecule has 0 aliphatic heterocycles. The fourth-order valence-corrected chi connectivity index (χ4v) is 0. The molecule has 0 N–H and O–H groups in total. The summed E-state index contributed by atoms with van der Waals surface area (Å²) in [5, 5.41) is 0. The SMILES string of the molecule is O=S=N[Si]. The van der Waals surface area contributed by atoms with Gasteiger partial charge >= 0.3 is 0 Å². The summed E-state index contributed by atoms with van der Waals surface area (Å²) in [5.74, 6) is 0. The van der Waals surface area contributed by atoms with Crippen molar-refractivity contribution in [3.8, 4) is 0 Å². The minimum atomic E-state index is 0.145. The normalized spacial score (nSPS) is 5.25. The molecule has 0 aromatic rings. The molecule has 21 valence electrons. The van der Waals surface area contributed by atoms with E-state index in [4.69, 9.17) is 4.21 Å². The Morgan fingerprint density at radius 2 is 2.25 bits per heavy atom. The summed E-state index contributed by atoms with van der Waals surface area (Å²) >= 11 is 0.145. The highest BCUT2D eigenvalue weighted by Gasteiger charge is 1.32. The Morgan fingerprint density at radius 1 is 2.00 bits per heavy atom. The second-order valence-electron chi connectivity index (χ2n) is 0.166. The van der Waals surface area contributed by atoms with Gasteiger partial charge in [0.15, 0.2) is 11.5 Å². The molecule has 0 spiro atoms. The lowest BCUT2D eigenvalue weighted by molar-refractivity contribution is 0.699. The Labute approximate surface area is 31.0 Å². The highest BCUT2D eigenvalue weighted by Crippen LogP contribution is 1.29. The van der Waals surface area contributed by atoms with Crippen LogP contribution in [0.3, 0.4) is 0 Å². The second kappa shape index (κ2) is 3.04. The molecule has 0 amide bonds. The summed E-state index contributed by atoms with van der Waals surface area (Å²) in [6.45, 7) is 0. The predicted molar refractivity (Wildman–Crippen MR) is 16.3 cm³/mol. The maximum Gasteiger partial charge on any atom is 0.245 e. The predicted octanol–water partition coefficient (Wildman–Crippen LogP) is -0.533. The second-order valence-corrected chi connectivity index (χ2v) is 1.05. The Bertz CT molecular complexity index is 46.0. The molecule has 0 unspecified atom stereocenters. The van der Waals surface area contributed by atoms with Crippen LogP contribution in [0.2, 0.25) is 0 Å². The third-order valence-corrected chi connectivity index (χ3v) is 0.335. The molecule has 3 radical (unpaired) electrons. The van der Waals surface area contributed by atoms with Crippen molar-refractivity contribution in [2.45, 2.75) is 0 Å². The van der Waals surface area contributed by atoms with E-state index in [9.17, 15) is 0 Å². The van der Waals surface area contributed by atoms with Crippen LogP contribution >= 0.6 is 0 Å². The Balaban J connectivity index is 3.11. The molecule has 0 aromatic carbocycles. The van der Waals surface area contributed by atoms with Gasteiger partial charge in [0.1, 0.15) is 0 Å². The lowest BCUT2D eigenvalue weighted by Crippen LogP contribution is -1.38. The molecule has 0 saturated carbocycles. The van der Waals surface area contributed by atoms with Crippen LogP contribution in [0.25, 0.3) is 0 Å². The van der Waals surface area contributed by atoms with Crippen molar-refractivity contribution in [1.82, 2.24) is 0 Å². The summed E-state index contributed by atoms with van der Waals surface area (Å²) in [6, 6.07) is 0. The summed E-state index contributed by atoms with van der Waals surface area (Å²) in [5.41, 5.74) is 0. The first-order chi connectivity index (χ1) is 1.91. The van der Waals surface area contributed by atoms with E-state index in [2.05, 4.69) is 14.4 Å². The van der Waals surface area contributed by atoms with Crippen LogP contribution in [0.4, 0.5) is 0 Å².